The van der Waals surface area contributed by atoms with Crippen LogP contribution in [0.5, 0.6) is 11.5 Å². The Labute approximate surface area is 168 Å². The monoisotopic (exact) mass is 387 g/mol. The highest BCUT2D eigenvalue weighted by Gasteiger charge is 2.28. The summed E-state index contributed by atoms with van der Waals surface area (Å²) in [7, 11) is 0. The zero-order chi connectivity index (χ0) is 19.8. The van der Waals surface area contributed by atoms with E-state index in [9.17, 15) is 4.79 Å². The summed E-state index contributed by atoms with van der Waals surface area (Å²) in [6, 6.07) is 19.8. The molecule has 1 atom stereocenters. The molecule has 0 unspecified atom stereocenters. The highest BCUT2D eigenvalue weighted by molar-refractivity contribution is 6.03. The molecule has 2 aliphatic heterocycles. The first-order valence-corrected chi connectivity index (χ1v) is 9.67. The third-order valence-electron chi connectivity index (χ3n) is 5.28. The molecule has 1 amide bonds. The first-order chi connectivity index (χ1) is 14.2. The highest BCUT2D eigenvalue weighted by atomic mass is 16.6. The molecular formula is C23H21N3O3. The van der Waals surface area contributed by atoms with E-state index in [-0.39, 0.29) is 12.5 Å². The normalized spacial score (nSPS) is 16.9. The van der Waals surface area contributed by atoms with Crippen molar-refractivity contribution in [1.82, 2.24) is 9.88 Å². The van der Waals surface area contributed by atoms with Crippen molar-refractivity contribution in [1.29, 1.82) is 0 Å². The van der Waals surface area contributed by atoms with E-state index in [1.54, 1.807) is 6.07 Å². The van der Waals surface area contributed by atoms with Crippen LogP contribution in [0.3, 0.4) is 0 Å². The lowest BCUT2D eigenvalue weighted by molar-refractivity contribution is -0.130. The van der Waals surface area contributed by atoms with Gasteiger partial charge in [0.1, 0.15) is 6.61 Å². The fraction of sp³-hybridized carbons (Fsp3) is 0.217. The molecule has 6 nitrogen and oxygen atoms in total. The van der Waals surface area contributed by atoms with Crippen molar-refractivity contribution in [2.24, 2.45) is 4.99 Å². The fourth-order valence-electron chi connectivity index (χ4n) is 3.79. The Morgan fingerprint density at radius 1 is 1.10 bits per heavy atom. The minimum Gasteiger partial charge on any atom is -0.485 e. The number of aliphatic imine (C=N–C) groups is 1. The van der Waals surface area contributed by atoms with Crippen molar-refractivity contribution < 1.29 is 14.3 Å². The predicted octanol–water partition coefficient (Wildman–Crippen LogP) is 3.04. The summed E-state index contributed by atoms with van der Waals surface area (Å²) < 4.78 is 13.6. The van der Waals surface area contributed by atoms with Gasteiger partial charge in [0, 0.05) is 5.69 Å². The lowest BCUT2D eigenvalue weighted by Gasteiger charge is -2.25. The van der Waals surface area contributed by atoms with Gasteiger partial charge in [-0.2, -0.15) is 0 Å². The number of fused-ring (bicyclic) bond motifs is 4. The van der Waals surface area contributed by atoms with E-state index in [1.807, 2.05) is 30.3 Å². The van der Waals surface area contributed by atoms with Gasteiger partial charge in [0.05, 0.1) is 30.2 Å². The number of hydrogen-bond acceptors (Lipinski definition) is 4. The number of nitrogens with zero attached hydrogens (tertiary/aromatic N) is 2. The molecule has 146 valence electrons. The van der Waals surface area contributed by atoms with Gasteiger partial charge in [-0.3, -0.25) is 9.79 Å². The molecule has 0 saturated carbocycles. The maximum atomic E-state index is 12.7. The van der Waals surface area contributed by atoms with Crippen molar-refractivity contribution in [3.05, 3.63) is 77.6 Å². The summed E-state index contributed by atoms with van der Waals surface area (Å²) in [6.45, 7) is 3.18. The molecule has 3 heterocycles. The minimum absolute atomic E-state index is 0.191. The zero-order valence-electron chi connectivity index (χ0n) is 16.1. The molecule has 0 bridgehead atoms. The molecule has 0 fully saturated rings. The van der Waals surface area contributed by atoms with Crippen LogP contribution >= 0.6 is 0 Å². The van der Waals surface area contributed by atoms with Crippen LogP contribution in [-0.4, -0.2) is 35.4 Å². The maximum Gasteiger partial charge on any atom is 0.265 e. The van der Waals surface area contributed by atoms with Crippen LogP contribution in [0.1, 0.15) is 17.0 Å². The van der Waals surface area contributed by atoms with Gasteiger partial charge in [0.25, 0.3) is 5.91 Å². The van der Waals surface area contributed by atoms with Gasteiger partial charge < -0.3 is 19.4 Å². The van der Waals surface area contributed by atoms with E-state index in [0.29, 0.717) is 24.6 Å². The average molecular weight is 387 g/mol. The Morgan fingerprint density at radius 2 is 1.90 bits per heavy atom. The molecule has 1 N–H and O–H groups in total. The summed E-state index contributed by atoms with van der Waals surface area (Å²) in [4.78, 5) is 17.5. The van der Waals surface area contributed by atoms with E-state index < -0.39 is 6.10 Å². The summed E-state index contributed by atoms with van der Waals surface area (Å²) >= 11 is 0. The van der Waals surface area contributed by atoms with Crippen LogP contribution in [0.15, 0.2) is 65.7 Å². The number of nitrogens with one attached hydrogen (secondary N) is 1. The molecule has 5 rings (SSSR count). The van der Waals surface area contributed by atoms with E-state index in [1.165, 1.54) is 0 Å². The first kappa shape index (κ1) is 17.6. The lowest BCUT2D eigenvalue weighted by atomic mass is 10.1. The Hall–Kier alpha value is -3.54. The van der Waals surface area contributed by atoms with Gasteiger partial charge in [0.2, 0.25) is 6.10 Å². The molecule has 0 spiro atoms. The van der Waals surface area contributed by atoms with Gasteiger partial charge in [-0.15, -0.1) is 0 Å². The molecular weight excluding hydrogens is 366 g/mol. The van der Waals surface area contributed by atoms with E-state index in [0.717, 1.165) is 28.4 Å². The number of benzene rings is 2. The predicted molar refractivity (Wildman–Crippen MR) is 110 cm³/mol. The standard InChI is InChI=1S/C23H21N3O3/c1-15-10-11-19-17(24-12-16-6-2-3-7-18(16)26(15)19)13-25-23(27)22-14-28-20-8-4-5-9-21(20)29-22/h2-11,22H,12-14H2,1H3,(H,25,27)/t22-/m1/s1. The van der Waals surface area contributed by atoms with Crippen LogP contribution in [-0.2, 0) is 11.3 Å². The van der Waals surface area contributed by atoms with Crippen molar-refractivity contribution in [3.63, 3.8) is 0 Å². The molecule has 2 aliphatic rings. The van der Waals surface area contributed by atoms with E-state index in [4.69, 9.17) is 14.5 Å². The summed E-state index contributed by atoms with van der Waals surface area (Å²) in [6.07, 6.45) is -0.679. The molecule has 2 aromatic carbocycles. The Morgan fingerprint density at radius 3 is 2.79 bits per heavy atom. The number of para-hydroxylation sites is 3. The summed E-state index contributed by atoms with van der Waals surface area (Å²) in [5.41, 5.74) is 5.28. The second kappa shape index (κ2) is 7.13. The third-order valence-corrected chi connectivity index (χ3v) is 5.28. The van der Waals surface area contributed by atoms with Gasteiger partial charge in [-0.25, -0.2) is 0 Å². The molecule has 1 aromatic heterocycles. The number of rotatable bonds is 3. The molecule has 0 radical (unpaired) electrons. The number of hydrogen-bond donors (Lipinski definition) is 1. The van der Waals surface area contributed by atoms with Crippen LogP contribution < -0.4 is 14.8 Å². The van der Waals surface area contributed by atoms with E-state index >= 15 is 0 Å². The van der Waals surface area contributed by atoms with Crippen LogP contribution in [0, 0.1) is 6.92 Å². The second-order valence-corrected chi connectivity index (χ2v) is 7.17. The maximum absolute atomic E-state index is 12.7. The van der Waals surface area contributed by atoms with Crippen LogP contribution in [0.2, 0.25) is 0 Å². The number of aryl methyl sites for hydroxylation is 1. The van der Waals surface area contributed by atoms with Gasteiger partial charge >= 0.3 is 0 Å². The Bertz CT molecular complexity index is 1120. The smallest absolute Gasteiger partial charge is 0.265 e. The molecule has 6 heteroatoms. The Kier molecular flexibility index (Phi) is 4.31. The quantitative estimate of drug-likeness (QED) is 0.751. The third kappa shape index (κ3) is 3.16. The fourth-order valence-corrected chi connectivity index (χ4v) is 3.79. The largest absolute Gasteiger partial charge is 0.485 e. The van der Waals surface area contributed by atoms with Gasteiger partial charge in [-0.1, -0.05) is 30.3 Å². The zero-order valence-corrected chi connectivity index (χ0v) is 16.1. The van der Waals surface area contributed by atoms with Gasteiger partial charge in [0.15, 0.2) is 11.5 Å². The molecule has 0 saturated heterocycles. The highest BCUT2D eigenvalue weighted by Crippen LogP contribution is 2.31. The molecule has 29 heavy (non-hydrogen) atoms. The molecule has 0 aliphatic carbocycles. The topological polar surface area (TPSA) is 64.9 Å². The minimum atomic E-state index is -0.679. The van der Waals surface area contributed by atoms with Crippen molar-refractivity contribution in [2.75, 3.05) is 13.2 Å². The second-order valence-electron chi connectivity index (χ2n) is 7.17. The first-order valence-electron chi connectivity index (χ1n) is 9.67. The van der Waals surface area contributed by atoms with Crippen molar-refractivity contribution in [2.45, 2.75) is 19.6 Å². The van der Waals surface area contributed by atoms with E-state index in [2.05, 4.69) is 41.1 Å². The number of ether oxygens (including phenoxy) is 2. The van der Waals surface area contributed by atoms with Crippen LogP contribution in [0.25, 0.3) is 5.69 Å². The summed E-state index contributed by atoms with van der Waals surface area (Å²) in [5.74, 6) is 1.04. The van der Waals surface area contributed by atoms with Crippen LogP contribution in [0.4, 0.5) is 0 Å². The van der Waals surface area contributed by atoms with Crippen molar-refractivity contribution in [3.8, 4) is 17.2 Å². The number of amides is 1. The number of carbonyl (C=O) groups excluding carboxylic acids is 1. The summed E-state index contributed by atoms with van der Waals surface area (Å²) in [5, 5.41) is 2.97. The van der Waals surface area contributed by atoms with Gasteiger partial charge in [-0.05, 0) is 42.8 Å². The van der Waals surface area contributed by atoms with Crippen molar-refractivity contribution >= 4 is 11.6 Å². The Balaban J connectivity index is 1.34. The number of aromatic nitrogens is 1. The molecule has 3 aromatic rings. The lowest BCUT2D eigenvalue weighted by Crippen LogP contribution is -2.45. The SMILES string of the molecule is Cc1ccc2n1-c1ccccc1CN=C2CNC(=O)[C@H]1COc2ccccc2O1. The number of carbonyl (C=O) groups is 1. The average Bonchev–Trinajstić information content (AvgIpc) is 3.06.